The number of rotatable bonds is 8. The maximum atomic E-state index is 6.23. The molecule has 3 aromatic rings. The topological polar surface area (TPSA) is 26.0 Å². The molecular formula is C29H29N. The predicted octanol–water partition coefficient (Wildman–Crippen LogP) is 7.26. The van der Waals surface area contributed by atoms with E-state index in [2.05, 4.69) is 116 Å². The van der Waals surface area contributed by atoms with Gasteiger partial charge in [-0.05, 0) is 42.0 Å². The molecule has 0 bridgehead atoms. The molecule has 0 aliphatic rings. The molecule has 0 saturated heterocycles. The fourth-order valence-electron chi connectivity index (χ4n) is 3.09. The number of allylic oxidation sites excluding steroid dienone is 7. The lowest BCUT2D eigenvalue weighted by atomic mass is 10.0. The second kappa shape index (κ2) is 11.4. The van der Waals surface area contributed by atoms with Crippen molar-refractivity contribution in [2.24, 2.45) is 5.73 Å². The van der Waals surface area contributed by atoms with E-state index in [0.29, 0.717) is 0 Å². The predicted molar refractivity (Wildman–Crippen MR) is 131 cm³/mol. The molecular weight excluding hydrogens is 362 g/mol. The highest BCUT2D eigenvalue weighted by Gasteiger charge is 1.99. The molecule has 0 spiro atoms. The van der Waals surface area contributed by atoms with Gasteiger partial charge in [-0.1, -0.05) is 127 Å². The number of hydrogen-bond acceptors (Lipinski definition) is 1. The van der Waals surface area contributed by atoms with Crippen LogP contribution in [0.15, 0.2) is 121 Å². The van der Waals surface area contributed by atoms with Gasteiger partial charge in [-0.2, -0.15) is 0 Å². The van der Waals surface area contributed by atoms with Crippen molar-refractivity contribution < 1.29 is 0 Å². The molecule has 0 saturated carbocycles. The second-order valence-electron chi connectivity index (χ2n) is 7.27. The van der Waals surface area contributed by atoms with E-state index in [1.54, 1.807) is 0 Å². The highest BCUT2D eigenvalue weighted by atomic mass is 14.6. The Morgan fingerprint density at radius 1 is 0.700 bits per heavy atom. The number of hydrogen-bond donors (Lipinski definition) is 1. The number of benzene rings is 3. The van der Waals surface area contributed by atoms with Crippen LogP contribution in [-0.4, -0.2) is 0 Å². The largest absolute Gasteiger partial charge is 0.398 e. The van der Waals surface area contributed by atoms with Crippen molar-refractivity contribution in [3.05, 3.63) is 138 Å². The van der Waals surface area contributed by atoms with Crippen LogP contribution >= 0.6 is 0 Å². The summed E-state index contributed by atoms with van der Waals surface area (Å²) in [4.78, 5) is 0. The summed E-state index contributed by atoms with van der Waals surface area (Å²) >= 11 is 0. The van der Waals surface area contributed by atoms with Crippen LogP contribution in [0.2, 0.25) is 0 Å². The smallest absolute Gasteiger partial charge is 0.0350 e. The highest BCUT2D eigenvalue weighted by molar-refractivity contribution is 5.69. The molecule has 1 heteroatoms. The lowest BCUT2D eigenvalue weighted by Gasteiger charge is -2.05. The molecule has 0 radical (unpaired) electrons. The van der Waals surface area contributed by atoms with E-state index >= 15 is 0 Å². The first kappa shape index (κ1) is 21.1. The van der Waals surface area contributed by atoms with E-state index in [-0.39, 0.29) is 0 Å². The third kappa shape index (κ3) is 6.79. The van der Waals surface area contributed by atoms with Gasteiger partial charge in [0.2, 0.25) is 0 Å². The lowest BCUT2D eigenvalue weighted by molar-refractivity contribution is 1.26. The Bertz CT molecular complexity index is 1020. The molecule has 2 N–H and O–H groups in total. The van der Waals surface area contributed by atoms with Crippen LogP contribution in [0.5, 0.6) is 0 Å². The third-order valence-electron chi connectivity index (χ3n) is 4.88. The maximum absolute atomic E-state index is 6.23. The molecule has 0 amide bonds. The monoisotopic (exact) mass is 391 g/mol. The second-order valence-corrected chi connectivity index (χ2v) is 7.27. The summed E-state index contributed by atoms with van der Waals surface area (Å²) in [5, 5.41) is 0. The van der Waals surface area contributed by atoms with Crippen LogP contribution in [0.1, 0.15) is 23.1 Å². The first-order valence-electron chi connectivity index (χ1n) is 10.4. The summed E-state index contributed by atoms with van der Waals surface area (Å²) in [6.45, 7) is 2.11. The van der Waals surface area contributed by atoms with E-state index in [0.717, 1.165) is 24.1 Å². The molecule has 0 aromatic heterocycles. The molecule has 0 atom stereocenters. The van der Waals surface area contributed by atoms with Gasteiger partial charge in [-0.15, -0.1) is 0 Å². The first-order valence-corrected chi connectivity index (χ1v) is 10.4. The molecule has 0 aliphatic carbocycles. The van der Waals surface area contributed by atoms with E-state index in [1.165, 1.54) is 22.3 Å². The van der Waals surface area contributed by atoms with Gasteiger partial charge in [-0.3, -0.25) is 0 Å². The summed E-state index contributed by atoms with van der Waals surface area (Å²) in [6.07, 6.45) is 16.3. The Morgan fingerprint density at radius 2 is 1.33 bits per heavy atom. The van der Waals surface area contributed by atoms with Gasteiger partial charge in [0, 0.05) is 5.70 Å². The molecule has 1 nitrogen and oxygen atoms in total. The van der Waals surface area contributed by atoms with Crippen molar-refractivity contribution in [2.75, 3.05) is 0 Å². The van der Waals surface area contributed by atoms with Gasteiger partial charge in [0.25, 0.3) is 0 Å². The Hall–Kier alpha value is -3.58. The van der Waals surface area contributed by atoms with Crippen molar-refractivity contribution in [1.29, 1.82) is 0 Å². The van der Waals surface area contributed by atoms with Gasteiger partial charge in [-0.25, -0.2) is 0 Å². The number of aryl methyl sites for hydroxylation is 1. The molecule has 0 fully saturated rings. The van der Waals surface area contributed by atoms with Crippen molar-refractivity contribution in [3.8, 4) is 11.1 Å². The van der Waals surface area contributed by atoms with Gasteiger partial charge < -0.3 is 5.73 Å². The van der Waals surface area contributed by atoms with Gasteiger partial charge >= 0.3 is 0 Å². The Balaban J connectivity index is 1.44. The van der Waals surface area contributed by atoms with Gasteiger partial charge in [0.05, 0.1) is 0 Å². The standard InChI is InChI=1S/C29H29N/c1-24-16-18-25(19-17-24)12-8-5-3-2-4-6-11-15-29(30)28-22-20-27(21-23-28)26-13-9-7-10-14-26/h2-10,13-23H,11-12,30H2,1H3/b3-2-,6-4+,8-5-,29-15-. The van der Waals surface area contributed by atoms with Crippen LogP contribution in [0.25, 0.3) is 16.8 Å². The zero-order valence-corrected chi connectivity index (χ0v) is 17.5. The average Bonchev–Trinajstić information content (AvgIpc) is 2.79. The van der Waals surface area contributed by atoms with Crippen molar-refractivity contribution in [3.63, 3.8) is 0 Å². The molecule has 30 heavy (non-hydrogen) atoms. The van der Waals surface area contributed by atoms with Crippen LogP contribution < -0.4 is 5.73 Å². The van der Waals surface area contributed by atoms with Crippen LogP contribution in [0, 0.1) is 6.92 Å². The number of nitrogens with two attached hydrogens (primary N) is 1. The maximum Gasteiger partial charge on any atom is 0.0350 e. The zero-order valence-electron chi connectivity index (χ0n) is 17.5. The van der Waals surface area contributed by atoms with Crippen molar-refractivity contribution >= 4 is 5.70 Å². The SMILES string of the molecule is Cc1ccc(C\C=C/C=C\C=C\C/C=C(\N)c2ccc(-c3ccccc3)cc2)cc1. The molecule has 150 valence electrons. The average molecular weight is 392 g/mol. The minimum atomic E-state index is 0.807. The summed E-state index contributed by atoms with van der Waals surface area (Å²) in [5.74, 6) is 0. The van der Waals surface area contributed by atoms with Crippen LogP contribution in [0.3, 0.4) is 0 Å². The Morgan fingerprint density at radius 3 is 2.03 bits per heavy atom. The highest BCUT2D eigenvalue weighted by Crippen LogP contribution is 2.21. The third-order valence-corrected chi connectivity index (χ3v) is 4.88. The molecule has 0 aliphatic heterocycles. The molecule has 3 rings (SSSR count). The van der Waals surface area contributed by atoms with Crippen LogP contribution in [0.4, 0.5) is 0 Å². The summed E-state index contributed by atoms with van der Waals surface area (Å²) in [5.41, 5.74) is 13.1. The minimum absolute atomic E-state index is 0.807. The quantitative estimate of drug-likeness (QED) is 0.402. The van der Waals surface area contributed by atoms with Crippen molar-refractivity contribution in [2.45, 2.75) is 19.8 Å². The van der Waals surface area contributed by atoms with E-state index < -0.39 is 0 Å². The summed E-state index contributed by atoms with van der Waals surface area (Å²) in [7, 11) is 0. The van der Waals surface area contributed by atoms with Gasteiger partial charge in [0.15, 0.2) is 0 Å². The zero-order chi connectivity index (χ0) is 21.0. The fourth-order valence-corrected chi connectivity index (χ4v) is 3.09. The van der Waals surface area contributed by atoms with Gasteiger partial charge in [0.1, 0.15) is 0 Å². The van der Waals surface area contributed by atoms with E-state index in [4.69, 9.17) is 5.73 Å². The fraction of sp³-hybridized carbons (Fsp3) is 0.103. The first-order chi connectivity index (χ1) is 14.7. The summed E-state index contributed by atoms with van der Waals surface area (Å²) in [6, 6.07) is 27.4. The molecule has 3 aromatic carbocycles. The van der Waals surface area contributed by atoms with E-state index in [9.17, 15) is 0 Å². The van der Waals surface area contributed by atoms with Crippen LogP contribution in [-0.2, 0) is 6.42 Å². The Kier molecular flexibility index (Phi) is 8.05. The summed E-state index contributed by atoms with van der Waals surface area (Å²) < 4.78 is 0. The minimum Gasteiger partial charge on any atom is -0.398 e. The van der Waals surface area contributed by atoms with Crippen molar-refractivity contribution in [1.82, 2.24) is 0 Å². The van der Waals surface area contributed by atoms with E-state index in [1.807, 2.05) is 12.1 Å². The normalized spacial score (nSPS) is 12.4. The Labute approximate surface area is 180 Å². The molecule has 0 unspecified atom stereocenters. The molecule has 0 heterocycles. The lowest BCUT2D eigenvalue weighted by Crippen LogP contribution is -1.95.